The van der Waals surface area contributed by atoms with E-state index >= 15 is 0 Å². The van der Waals surface area contributed by atoms with Gasteiger partial charge in [0.25, 0.3) is 5.91 Å². The van der Waals surface area contributed by atoms with Gasteiger partial charge in [0.05, 0.1) is 12.7 Å². The number of hydrogen-bond acceptors (Lipinski definition) is 7. The van der Waals surface area contributed by atoms with E-state index in [9.17, 15) is 9.59 Å². The Kier molecular flexibility index (Phi) is 5.09. The van der Waals surface area contributed by atoms with Crippen molar-refractivity contribution in [2.45, 2.75) is 48.7 Å². The first-order valence-corrected chi connectivity index (χ1v) is 12.2. The number of nitrogens with two attached hydrogens (primary N) is 1. The number of likely N-dealkylation sites (tertiary alicyclic amines) is 1. The summed E-state index contributed by atoms with van der Waals surface area (Å²) in [6, 6.07) is 5.72. The Balaban J connectivity index is 1.33. The predicted octanol–water partition coefficient (Wildman–Crippen LogP) is 4.73. The molecule has 1 spiro atoms. The highest BCUT2D eigenvalue weighted by Crippen LogP contribution is 2.50. The molecule has 8 heteroatoms. The second-order valence-electron chi connectivity index (χ2n) is 8.51. The van der Waals surface area contributed by atoms with Gasteiger partial charge in [-0.1, -0.05) is 11.3 Å². The highest BCUT2D eigenvalue weighted by Gasteiger charge is 2.43. The van der Waals surface area contributed by atoms with Gasteiger partial charge in [-0.25, -0.2) is 4.99 Å². The maximum Gasteiger partial charge on any atom is 0.257 e. The van der Waals surface area contributed by atoms with Gasteiger partial charge in [0.2, 0.25) is 0 Å². The third kappa shape index (κ3) is 3.55. The number of anilines is 1. The molecule has 0 aliphatic carbocycles. The van der Waals surface area contributed by atoms with Gasteiger partial charge < -0.3 is 15.4 Å². The molecule has 3 aliphatic heterocycles. The second kappa shape index (κ2) is 7.67. The molecule has 3 aliphatic rings. The number of nitrogens with zero attached hydrogens (tertiary/aromatic N) is 2. The van der Waals surface area contributed by atoms with Crippen molar-refractivity contribution in [2.75, 3.05) is 25.9 Å². The zero-order valence-corrected chi connectivity index (χ0v) is 19.3. The number of rotatable bonds is 2. The van der Waals surface area contributed by atoms with Crippen LogP contribution in [0, 0.1) is 0 Å². The van der Waals surface area contributed by atoms with Crippen LogP contribution in [0.2, 0.25) is 0 Å². The van der Waals surface area contributed by atoms with Crippen molar-refractivity contribution in [3.05, 3.63) is 34.9 Å². The summed E-state index contributed by atoms with van der Waals surface area (Å²) in [5.74, 6) is 0.883. The molecule has 1 aromatic carbocycles. The molecule has 1 fully saturated rings. The number of fused-ring (bicyclic) bond motifs is 2. The molecule has 31 heavy (non-hydrogen) atoms. The van der Waals surface area contributed by atoms with Crippen LogP contribution in [0.25, 0.3) is 0 Å². The predicted molar refractivity (Wildman–Crippen MR) is 125 cm³/mol. The van der Waals surface area contributed by atoms with Crippen molar-refractivity contribution in [1.29, 1.82) is 0 Å². The summed E-state index contributed by atoms with van der Waals surface area (Å²) in [6.07, 6.45) is 3.79. The fourth-order valence-corrected chi connectivity index (χ4v) is 7.24. The maximum absolute atomic E-state index is 13.4. The average molecular weight is 456 g/mol. The molecule has 0 bridgehead atoms. The lowest BCUT2D eigenvalue weighted by atomic mass is 9.87. The molecule has 0 atom stereocenters. The molecule has 1 amide bonds. The summed E-state index contributed by atoms with van der Waals surface area (Å²) in [4.78, 5) is 33.8. The number of aliphatic imine (C=N–C) groups is 1. The summed E-state index contributed by atoms with van der Waals surface area (Å²) in [5.41, 5.74) is 9.74. The van der Waals surface area contributed by atoms with Crippen molar-refractivity contribution in [2.24, 2.45) is 4.99 Å². The number of methoxy groups -OCH3 is 1. The zero-order valence-electron chi connectivity index (χ0n) is 17.7. The molecule has 0 saturated carbocycles. The lowest BCUT2D eigenvalue weighted by Gasteiger charge is -2.43. The number of thiophene rings is 1. The molecule has 2 aromatic rings. The number of nitrogen functional groups attached to an aromatic ring is 1. The molecule has 0 radical (unpaired) electrons. The Bertz CT molecular complexity index is 1110. The van der Waals surface area contributed by atoms with Gasteiger partial charge in [0, 0.05) is 46.0 Å². The van der Waals surface area contributed by atoms with Crippen molar-refractivity contribution in [1.82, 2.24) is 4.90 Å². The van der Waals surface area contributed by atoms with E-state index in [1.54, 1.807) is 18.9 Å². The number of Topliss-reactive ketones (excluding diaryl/α,β-unsaturated/α-hetero) is 1. The number of ether oxygens (including phenoxy) is 1. The van der Waals surface area contributed by atoms with Crippen LogP contribution < -0.4 is 10.5 Å². The summed E-state index contributed by atoms with van der Waals surface area (Å²) < 4.78 is 5.13. The smallest absolute Gasteiger partial charge is 0.257 e. The number of carbonyl (C=O) groups excluding carboxylic acids is 2. The van der Waals surface area contributed by atoms with Crippen LogP contribution in [0.15, 0.2) is 28.1 Å². The molecule has 4 heterocycles. The van der Waals surface area contributed by atoms with Gasteiger partial charge in [0.1, 0.15) is 15.8 Å². The Hall–Kier alpha value is -2.32. The van der Waals surface area contributed by atoms with Crippen molar-refractivity contribution < 1.29 is 14.3 Å². The van der Waals surface area contributed by atoms with Crippen LogP contribution in [-0.2, 0) is 6.42 Å². The average Bonchev–Trinajstić information content (AvgIpc) is 3.08. The first-order valence-electron chi connectivity index (χ1n) is 10.5. The first-order chi connectivity index (χ1) is 14.9. The minimum Gasteiger partial charge on any atom is -0.497 e. The lowest BCUT2D eigenvalue weighted by molar-refractivity contribution is 0.0697. The van der Waals surface area contributed by atoms with E-state index in [2.05, 4.69) is 4.99 Å². The highest BCUT2D eigenvalue weighted by atomic mass is 32.2. The number of hydrogen-bond donors (Lipinski definition) is 1. The molecule has 162 valence electrons. The van der Waals surface area contributed by atoms with Gasteiger partial charge in [0.15, 0.2) is 5.78 Å². The van der Waals surface area contributed by atoms with E-state index in [0.717, 1.165) is 52.4 Å². The number of thioether (sulfide) groups is 1. The normalized spacial score (nSPS) is 19.6. The Morgan fingerprint density at radius 3 is 2.77 bits per heavy atom. The fourth-order valence-electron chi connectivity index (χ4n) is 4.72. The monoisotopic (exact) mass is 455 g/mol. The Morgan fingerprint density at radius 1 is 1.26 bits per heavy atom. The van der Waals surface area contributed by atoms with Crippen LogP contribution in [0.4, 0.5) is 10.0 Å². The summed E-state index contributed by atoms with van der Waals surface area (Å²) in [6.45, 7) is 3.29. The van der Waals surface area contributed by atoms with Crippen molar-refractivity contribution in [3.63, 3.8) is 0 Å². The number of amides is 1. The highest BCUT2D eigenvalue weighted by molar-refractivity contribution is 8.01. The summed E-state index contributed by atoms with van der Waals surface area (Å²) in [7, 11) is 1.61. The van der Waals surface area contributed by atoms with Crippen LogP contribution in [0.3, 0.4) is 0 Å². The zero-order chi connectivity index (χ0) is 21.8. The van der Waals surface area contributed by atoms with Crippen LogP contribution in [0.1, 0.15) is 58.9 Å². The van der Waals surface area contributed by atoms with Gasteiger partial charge in [-0.05, 0) is 50.8 Å². The molecule has 2 N–H and O–H groups in total. The van der Waals surface area contributed by atoms with Crippen LogP contribution >= 0.6 is 23.1 Å². The standard InChI is InChI=1S/C23H25N3O3S2/c1-13-3-5-15-19(20(24)30-21(15)25-13)22(28)26-9-7-23(8-10-26)12-17(27)16-11-14(29-2)4-6-18(16)31-23/h4,6,11H,3,5,7-10,12,24H2,1-2H3. The van der Waals surface area contributed by atoms with Crippen molar-refractivity contribution in [3.8, 4) is 5.75 Å². The summed E-state index contributed by atoms with van der Waals surface area (Å²) >= 11 is 3.20. The van der Waals surface area contributed by atoms with E-state index in [1.165, 1.54) is 11.3 Å². The van der Waals surface area contributed by atoms with Crippen LogP contribution in [-0.4, -0.2) is 47.2 Å². The number of piperidine rings is 1. The lowest BCUT2D eigenvalue weighted by Crippen LogP contribution is -2.47. The maximum atomic E-state index is 13.4. The molecule has 6 nitrogen and oxygen atoms in total. The molecule has 0 unspecified atom stereocenters. The summed E-state index contributed by atoms with van der Waals surface area (Å²) in [5, 5.41) is 1.46. The molecule has 5 rings (SSSR count). The number of ketones is 1. The number of benzene rings is 1. The minimum absolute atomic E-state index is 0.0110. The Morgan fingerprint density at radius 2 is 2.03 bits per heavy atom. The minimum atomic E-state index is -0.142. The van der Waals surface area contributed by atoms with Crippen LogP contribution in [0.5, 0.6) is 5.75 Å². The number of carbonyl (C=O) groups is 2. The molecule has 1 saturated heterocycles. The van der Waals surface area contributed by atoms with E-state index in [4.69, 9.17) is 10.5 Å². The fraction of sp³-hybridized carbons (Fsp3) is 0.435. The van der Waals surface area contributed by atoms with Gasteiger partial charge in [-0.15, -0.1) is 11.8 Å². The molecular formula is C23H25N3O3S2. The molecule has 1 aromatic heterocycles. The SMILES string of the molecule is COc1ccc2c(c1)C(=O)CC1(CCN(C(=O)c3c(N)sc4c3CCC(C)=N4)CC1)S2. The van der Waals surface area contributed by atoms with Crippen molar-refractivity contribution >= 4 is 50.5 Å². The second-order valence-corrected chi connectivity index (χ2v) is 11.1. The van der Waals surface area contributed by atoms with Gasteiger partial charge in [-0.3, -0.25) is 9.59 Å². The van der Waals surface area contributed by atoms with Gasteiger partial charge in [-0.2, -0.15) is 0 Å². The topological polar surface area (TPSA) is 85.0 Å². The van der Waals surface area contributed by atoms with E-state index in [0.29, 0.717) is 35.8 Å². The van der Waals surface area contributed by atoms with E-state index in [-0.39, 0.29) is 16.4 Å². The van der Waals surface area contributed by atoms with Gasteiger partial charge >= 0.3 is 0 Å². The Labute approximate surface area is 189 Å². The molecular weight excluding hydrogens is 430 g/mol. The quantitative estimate of drug-likeness (QED) is 0.708. The first kappa shape index (κ1) is 20.6. The third-order valence-electron chi connectivity index (χ3n) is 6.51. The third-order valence-corrected chi connectivity index (χ3v) is 9.03. The van der Waals surface area contributed by atoms with E-state index in [1.807, 2.05) is 30.0 Å². The largest absolute Gasteiger partial charge is 0.497 e. The van der Waals surface area contributed by atoms with E-state index < -0.39 is 0 Å².